The lowest BCUT2D eigenvalue weighted by Gasteiger charge is -2.16. The van der Waals surface area contributed by atoms with Crippen molar-refractivity contribution >= 4 is 11.8 Å². The molecule has 0 bridgehead atoms. The Morgan fingerprint density at radius 2 is 2.21 bits per heavy atom. The van der Waals surface area contributed by atoms with Crippen LogP contribution in [0.1, 0.15) is 39.4 Å². The van der Waals surface area contributed by atoms with Gasteiger partial charge < -0.3 is 25.2 Å². The third kappa shape index (κ3) is 5.68. The number of aliphatic hydroxyl groups is 1. The van der Waals surface area contributed by atoms with Gasteiger partial charge in [-0.15, -0.1) is 0 Å². The summed E-state index contributed by atoms with van der Waals surface area (Å²) in [6.45, 7) is 3.15. The normalized spacial score (nSPS) is 16.6. The molecule has 2 aromatic heterocycles. The van der Waals surface area contributed by atoms with Crippen molar-refractivity contribution in [2.75, 3.05) is 40.3 Å². The topological polar surface area (TPSA) is 106 Å². The molecule has 9 heteroatoms. The van der Waals surface area contributed by atoms with Crippen LogP contribution in [0.25, 0.3) is 0 Å². The van der Waals surface area contributed by atoms with Crippen LogP contribution in [-0.2, 0) is 13.1 Å². The minimum Gasteiger partial charge on any atom is -0.394 e. The second-order valence-corrected chi connectivity index (χ2v) is 7.80. The first kappa shape index (κ1) is 21.1. The highest BCUT2D eigenvalue weighted by Gasteiger charge is 2.27. The maximum Gasteiger partial charge on any atom is 0.270 e. The zero-order valence-corrected chi connectivity index (χ0v) is 17.1. The van der Waals surface area contributed by atoms with Gasteiger partial charge in [0.15, 0.2) is 0 Å². The van der Waals surface area contributed by atoms with Crippen molar-refractivity contribution in [1.82, 2.24) is 29.9 Å². The zero-order chi connectivity index (χ0) is 20.8. The summed E-state index contributed by atoms with van der Waals surface area (Å²) in [6, 6.07) is 3.81. The average Bonchev–Trinajstić information content (AvgIpc) is 3.41. The van der Waals surface area contributed by atoms with Gasteiger partial charge in [-0.2, -0.15) is 5.10 Å². The van der Waals surface area contributed by atoms with Crippen LogP contribution in [0, 0.1) is 5.92 Å². The van der Waals surface area contributed by atoms with Gasteiger partial charge in [0, 0.05) is 38.1 Å². The summed E-state index contributed by atoms with van der Waals surface area (Å²) in [5.41, 5.74) is 2.15. The Kier molecular flexibility index (Phi) is 7.05. The van der Waals surface area contributed by atoms with Gasteiger partial charge in [-0.3, -0.25) is 14.3 Å². The van der Waals surface area contributed by atoms with Crippen LogP contribution in [-0.4, -0.2) is 81.8 Å². The third-order valence-electron chi connectivity index (χ3n) is 5.10. The van der Waals surface area contributed by atoms with Crippen molar-refractivity contribution in [3.8, 4) is 0 Å². The number of nitrogens with one attached hydrogen (secondary N) is 2. The Bertz CT molecular complexity index is 828. The Balaban J connectivity index is 1.42. The fourth-order valence-corrected chi connectivity index (χ4v) is 3.62. The number of aromatic amines is 1. The van der Waals surface area contributed by atoms with Crippen LogP contribution < -0.4 is 5.32 Å². The Hall–Kier alpha value is -2.65. The number of likely N-dealkylation sites (tertiary alicyclic amines) is 1. The molecule has 0 saturated carbocycles. The maximum absolute atomic E-state index is 12.7. The molecule has 3 N–H and O–H groups in total. The van der Waals surface area contributed by atoms with Crippen molar-refractivity contribution in [2.45, 2.75) is 25.9 Å². The first-order chi connectivity index (χ1) is 14.0. The summed E-state index contributed by atoms with van der Waals surface area (Å²) in [7, 11) is 3.99. The molecule has 1 atom stereocenters. The molecule has 3 heterocycles. The van der Waals surface area contributed by atoms with Crippen LogP contribution in [0.3, 0.4) is 0 Å². The van der Waals surface area contributed by atoms with Gasteiger partial charge in [0.2, 0.25) is 0 Å². The van der Waals surface area contributed by atoms with Gasteiger partial charge in [0.25, 0.3) is 11.8 Å². The van der Waals surface area contributed by atoms with Crippen LogP contribution >= 0.6 is 0 Å². The number of rotatable bonds is 9. The number of hydrogen-bond acceptors (Lipinski definition) is 5. The zero-order valence-electron chi connectivity index (χ0n) is 17.1. The molecule has 0 radical (unpaired) electrons. The lowest BCUT2D eigenvalue weighted by molar-refractivity contribution is 0.0780. The number of aliphatic hydroxyl groups excluding tert-OH is 1. The SMILES string of the molecule is CN(C)Cc1ccc(C(=O)N2CCC(CCNC(=O)c3cnn(CCO)c3)C2)[nH]1. The highest BCUT2D eigenvalue weighted by molar-refractivity contribution is 5.93. The van der Waals surface area contributed by atoms with Gasteiger partial charge in [-0.25, -0.2) is 0 Å². The second kappa shape index (κ2) is 9.71. The number of nitrogens with zero attached hydrogens (tertiary/aromatic N) is 4. The van der Waals surface area contributed by atoms with Gasteiger partial charge in [0.05, 0.1) is 24.9 Å². The van der Waals surface area contributed by atoms with E-state index in [1.807, 2.05) is 31.1 Å². The fraction of sp³-hybridized carbons (Fsp3) is 0.550. The number of aromatic nitrogens is 3. The molecule has 3 rings (SSSR count). The summed E-state index contributed by atoms with van der Waals surface area (Å²) in [4.78, 5) is 32.0. The van der Waals surface area contributed by atoms with E-state index in [4.69, 9.17) is 5.11 Å². The molecule has 0 spiro atoms. The highest BCUT2D eigenvalue weighted by Crippen LogP contribution is 2.21. The number of carbonyl (C=O) groups is 2. The van der Waals surface area contributed by atoms with Crippen molar-refractivity contribution in [1.29, 1.82) is 0 Å². The molecule has 9 nitrogen and oxygen atoms in total. The monoisotopic (exact) mass is 402 g/mol. The van der Waals surface area contributed by atoms with Crippen LogP contribution in [0.2, 0.25) is 0 Å². The smallest absolute Gasteiger partial charge is 0.270 e. The maximum atomic E-state index is 12.7. The molecular formula is C20H30N6O3. The molecule has 0 aliphatic carbocycles. The molecule has 1 aliphatic heterocycles. The van der Waals surface area contributed by atoms with E-state index in [9.17, 15) is 9.59 Å². The molecule has 1 fully saturated rings. The fourth-order valence-electron chi connectivity index (χ4n) is 3.62. The van der Waals surface area contributed by atoms with E-state index < -0.39 is 0 Å². The van der Waals surface area contributed by atoms with Crippen LogP contribution in [0.4, 0.5) is 0 Å². The standard InChI is InChI=1S/C20H30N6O3/c1-24(2)14-17-3-4-18(23-17)20(29)25-8-6-15(12-25)5-7-21-19(28)16-11-22-26(13-16)9-10-27/h3-4,11,13,15,23,27H,5-10,12,14H2,1-2H3,(H,21,28). The lowest BCUT2D eigenvalue weighted by Crippen LogP contribution is -2.30. The molecule has 2 aromatic rings. The quantitative estimate of drug-likeness (QED) is 0.568. The number of hydrogen-bond donors (Lipinski definition) is 3. The Morgan fingerprint density at radius 3 is 2.97 bits per heavy atom. The van der Waals surface area contributed by atoms with Gasteiger partial charge in [-0.05, 0) is 45.0 Å². The average molecular weight is 402 g/mol. The van der Waals surface area contributed by atoms with Crippen molar-refractivity contribution < 1.29 is 14.7 Å². The molecule has 29 heavy (non-hydrogen) atoms. The van der Waals surface area contributed by atoms with E-state index >= 15 is 0 Å². The van der Waals surface area contributed by atoms with Crippen LogP contribution in [0.5, 0.6) is 0 Å². The van der Waals surface area contributed by atoms with Crippen molar-refractivity contribution in [3.05, 3.63) is 41.5 Å². The van der Waals surface area contributed by atoms with E-state index in [2.05, 4.69) is 20.3 Å². The summed E-state index contributed by atoms with van der Waals surface area (Å²) >= 11 is 0. The van der Waals surface area contributed by atoms with Gasteiger partial charge >= 0.3 is 0 Å². The summed E-state index contributed by atoms with van der Waals surface area (Å²) in [5.74, 6) is 0.255. The van der Waals surface area contributed by atoms with Gasteiger partial charge in [-0.1, -0.05) is 0 Å². The molecule has 158 valence electrons. The first-order valence-electron chi connectivity index (χ1n) is 9.99. The van der Waals surface area contributed by atoms with E-state index in [0.717, 1.165) is 31.6 Å². The Labute approximate surface area is 170 Å². The van der Waals surface area contributed by atoms with Crippen LogP contribution in [0.15, 0.2) is 24.5 Å². The molecule has 2 amide bonds. The summed E-state index contributed by atoms with van der Waals surface area (Å²) in [5, 5.41) is 15.8. The molecule has 1 aliphatic rings. The molecule has 1 unspecified atom stereocenters. The number of amides is 2. The largest absolute Gasteiger partial charge is 0.394 e. The van der Waals surface area contributed by atoms with E-state index in [1.165, 1.54) is 6.20 Å². The highest BCUT2D eigenvalue weighted by atomic mass is 16.3. The summed E-state index contributed by atoms with van der Waals surface area (Å²) < 4.78 is 1.54. The summed E-state index contributed by atoms with van der Waals surface area (Å²) in [6.07, 6.45) is 4.91. The first-order valence-corrected chi connectivity index (χ1v) is 9.99. The molecular weight excluding hydrogens is 372 g/mol. The number of H-pyrrole nitrogens is 1. The number of carbonyl (C=O) groups excluding carboxylic acids is 2. The minimum absolute atomic E-state index is 0.0148. The van der Waals surface area contributed by atoms with E-state index in [1.54, 1.807) is 10.9 Å². The predicted molar refractivity (Wildman–Crippen MR) is 108 cm³/mol. The molecule has 0 aromatic carbocycles. The minimum atomic E-state index is -0.167. The Morgan fingerprint density at radius 1 is 1.38 bits per heavy atom. The lowest BCUT2D eigenvalue weighted by atomic mass is 10.1. The second-order valence-electron chi connectivity index (χ2n) is 7.80. The predicted octanol–water partition coefficient (Wildman–Crippen LogP) is 0.547. The molecule has 1 saturated heterocycles. The van der Waals surface area contributed by atoms with Gasteiger partial charge in [0.1, 0.15) is 5.69 Å². The third-order valence-corrected chi connectivity index (χ3v) is 5.10. The van der Waals surface area contributed by atoms with Crippen molar-refractivity contribution in [3.63, 3.8) is 0 Å². The van der Waals surface area contributed by atoms with E-state index in [-0.39, 0.29) is 18.4 Å². The van der Waals surface area contributed by atoms with Crippen molar-refractivity contribution in [2.24, 2.45) is 5.92 Å². The van der Waals surface area contributed by atoms with E-state index in [0.29, 0.717) is 36.8 Å².